The molecule has 1 unspecified atom stereocenters. The summed E-state index contributed by atoms with van der Waals surface area (Å²) >= 11 is 0. The number of hydrogen-bond acceptors (Lipinski definition) is 4. The Morgan fingerprint density at radius 2 is 1.47 bits per heavy atom. The molecule has 7 heteroatoms. The summed E-state index contributed by atoms with van der Waals surface area (Å²) in [6, 6.07) is 16.6. The molecule has 0 spiro atoms. The Balaban J connectivity index is 1.40. The predicted molar refractivity (Wildman–Crippen MR) is 177 cm³/mol. The van der Waals surface area contributed by atoms with Crippen LogP contribution in [0.5, 0.6) is 11.6 Å². The molecule has 0 aliphatic rings. The fourth-order valence-corrected chi connectivity index (χ4v) is 5.35. The van der Waals surface area contributed by atoms with Crippen molar-refractivity contribution >= 4 is 11.6 Å². The molecular formula is C36H53N3O4. The van der Waals surface area contributed by atoms with E-state index in [0.29, 0.717) is 36.0 Å². The molecule has 1 atom stereocenters. The van der Waals surface area contributed by atoms with Gasteiger partial charge in [0, 0.05) is 5.69 Å². The first-order valence-electron chi connectivity index (χ1n) is 16.7. The summed E-state index contributed by atoms with van der Waals surface area (Å²) in [6.45, 7) is 6.52. The van der Waals surface area contributed by atoms with E-state index < -0.39 is 6.10 Å². The van der Waals surface area contributed by atoms with E-state index in [4.69, 9.17) is 9.47 Å². The van der Waals surface area contributed by atoms with Crippen molar-refractivity contribution in [3.05, 3.63) is 70.5 Å². The Labute approximate surface area is 258 Å². The van der Waals surface area contributed by atoms with E-state index >= 15 is 0 Å². The molecule has 0 radical (unpaired) electrons. The van der Waals surface area contributed by atoms with Crippen LogP contribution in [-0.2, 0) is 11.2 Å². The molecule has 0 fully saturated rings. The van der Waals surface area contributed by atoms with Crippen LogP contribution in [0.25, 0.3) is 5.69 Å². The third-order valence-corrected chi connectivity index (χ3v) is 7.78. The van der Waals surface area contributed by atoms with Crippen LogP contribution in [0.2, 0.25) is 0 Å². The van der Waals surface area contributed by atoms with E-state index in [9.17, 15) is 9.59 Å². The van der Waals surface area contributed by atoms with E-state index in [0.717, 1.165) is 6.42 Å². The number of amides is 1. The van der Waals surface area contributed by atoms with Crippen LogP contribution in [0, 0.1) is 0 Å². The molecular weight excluding hydrogens is 538 g/mol. The summed E-state index contributed by atoms with van der Waals surface area (Å²) in [7, 11) is 0. The fourth-order valence-electron chi connectivity index (χ4n) is 5.35. The Hall–Kier alpha value is -3.48. The largest absolute Gasteiger partial charge is 0.481 e. The van der Waals surface area contributed by atoms with Crippen LogP contribution < -0.4 is 20.3 Å². The Kier molecular flexibility index (Phi) is 15.6. The summed E-state index contributed by atoms with van der Waals surface area (Å²) in [4.78, 5) is 25.5. The minimum Gasteiger partial charge on any atom is -0.481 e. The number of rotatable bonds is 22. The van der Waals surface area contributed by atoms with Crippen molar-refractivity contribution in [2.75, 3.05) is 11.9 Å². The van der Waals surface area contributed by atoms with E-state index in [1.807, 2.05) is 26.0 Å². The average Bonchev–Trinajstić information content (AvgIpc) is 3.38. The van der Waals surface area contributed by atoms with Gasteiger partial charge in [0.1, 0.15) is 5.75 Å². The van der Waals surface area contributed by atoms with Crippen molar-refractivity contribution in [1.29, 1.82) is 0 Å². The smallest absolute Gasteiger partial charge is 0.275 e. The molecule has 0 saturated heterocycles. The summed E-state index contributed by atoms with van der Waals surface area (Å²) in [5.74, 6) is 0.887. The number of aromatic amines is 1. The second-order valence-corrected chi connectivity index (χ2v) is 11.4. The van der Waals surface area contributed by atoms with Gasteiger partial charge in [-0.15, -0.1) is 0 Å². The lowest BCUT2D eigenvalue weighted by Crippen LogP contribution is -2.32. The Bertz CT molecular complexity index is 1270. The number of aryl methyl sites for hydroxylation is 1. The summed E-state index contributed by atoms with van der Waals surface area (Å²) in [5.41, 5.74) is 2.19. The van der Waals surface area contributed by atoms with E-state index in [1.54, 1.807) is 24.3 Å². The molecule has 43 heavy (non-hydrogen) atoms. The second kappa shape index (κ2) is 19.7. The normalized spacial score (nSPS) is 11.8. The number of ether oxygens (including phenoxy) is 2. The zero-order valence-corrected chi connectivity index (χ0v) is 26.7. The number of carbonyl (C=O) groups excluding carboxylic acids is 1. The number of nitrogens with one attached hydrogen (secondary N) is 2. The van der Waals surface area contributed by atoms with Gasteiger partial charge in [0.05, 0.1) is 18.4 Å². The summed E-state index contributed by atoms with van der Waals surface area (Å²) < 4.78 is 12.9. The van der Waals surface area contributed by atoms with Crippen LogP contribution >= 0.6 is 0 Å². The monoisotopic (exact) mass is 591 g/mol. The number of unbranched alkanes of at least 4 members (excludes halogenated alkanes) is 12. The molecule has 0 saturated carbocycles. The van der Waals surface area contributed by atoms with Gasteiger partial charge in [0.15, 0.2) is 6.10 Å². The molecule has 1 aromatic heterocycles. The van der Waals surface area contributed by atoms with Crippen molar-refractivity contribution in [1.82, 2.24) is 9.78 Å². The minimum absolute atomic E-state index is 0.226. The Morgan fingerprint density at radius 3 is 2.12 bits per heavy atom. The number of hydrogen-bond donors (Lipinski definition) is 2. The SMILES string of the molecule is CCCCCCCCCCCCCCCc1cccc(OC(CC)C(=O)Nc2cccc(-n3[nH]c(OCC)cc3=O)c2)c1. The lowest BCUT2D eigenvalue weighted by Gasteiger charge is -2.18. The fraction of sp³-hybridized carbons (Fsp3) is 0.556. The van der Waals surface area contributed by atoms with Gasteiger partial charge in [0.25, 0.3) is 11.5 Å². The first-order chi connectivity index (χ1) is 21.0. The zero-order valence-electron chi connectivity index (χ0n) is 26.7. The van der Waals surface area contributed by atoms with Crippen molar-refractivity contribution in [2.45, 2.75) is 123 Å². The van der Waals surface area contributed by atoms with Gasteiger partial charge >= 0.3 is 0 Å². The highest BCUT2D eigenvalue weighted by atomic mass is 16.5. The number of benzene rings is 2. The van der Waals surface area contributed by atoms with E-state index in [2.05, 4.69) is 29.5 Å². The second-order valence-electron chi connectivity index (χ2n) is 11.4. The first kappa shape index (κ1) is 34.0. The Morgan fingerprint density at radius 1 is 0.814 bits per heavy atom. The molecule has 1 heterocycles. The molecule has 7 nitrogen and oxygen atoms in total. The maximum atomic E-state index is 13.1. The quantitative estimate of drug-likeness (QED) is 0.114. The maximum absolute atomic E-state index is 13.1. The average molecular weight is 592 g/mol. The van der Waals surface area contributed by atoms with Gasteiger partial charge < -0.3 is 14.8 Å². The van der Waals surface area contributed by atoms with Gasteiger partial charge in [-0.25, -0.2) is 4.68 Å². The minimum atomic E-state index is -0.631. The van der Waals surface area contributed by atoms with Gasteiger partial charge in [0.2, 0.25) is 5.88 Å². The van der Waals surface area contributed by atoms with Crippen molar-refractivity contribution in [2.24, 2.45) is 0 Å². The van der Waals surface area contributed by atoms with E-state index in [-0.39, 0.29) is 11.5 Å². The summed E-state index contributed by atoms with van der Waals surface area (Å²) in [6.07, 6.45) is 18.5. The van der Waals surface area contributed by atoms with Crippen molar-refractivity contribution < 1.29 is 14.3 Å². The topological polar surface area (TPSA) is 85.3 Å². The maximum Gasteiger partial charge on any atom is 0.275 e. The lowest BCUT2D eigenvalue weighted by atomic mass is 10.0. The third kappa shape index (κ3) is 12.3. The number of anilines is 1. The number of carbonyl (C=O) groups is 1. The van der Waals surface area contributed by atoms with Crippen LogP contribution in [0.4, 0.5) is 5.69 Å². The highest BCUT2D eigenvalue weighted by molar-refractivity contribution is 5.94. The summed E-state index contributed by atoms with van der Waals surface area (Å²) in [5, 5.41) is 5.88. The van der Waals surface area contributed by atoms with Gasteiger partial charge in [-0.3, -0.25) is 14.7 Å². The molecule has 0 aliphatic heterocycles. The zero-order chi connectivity index (χ0) is 30.7. The van der Waals surface area contributed by atoms with Gasteiger partial charge in [-0.1, -0.05) is 109 Å². The predicted octanol–water partition coefficient (Wildman–Crippen LogP) is 8.99. The molecule has 3 aromatic rings. The standard InChI is InChI=1S/C36H53N3O4/c1-4-7-8-9-10-11-12-13-14-15-16-17-18-21-29-22-19-25-32(26-29)43-33(5-2)36(41)37-30-23-20-24-31(27-30)39-35(40)28-34(38-39)42-6-3/h19-20,22-28,33,38H,4-18,21H2,1-3H3,(H,37,41). The molecule has 0 bridgehead atoms. The number of H-pyrrole nitrogens is 1. The molecule has 236 valence electrons. The van der Waals surface area contributed by atoms with Crippen LogP contribution in [0.15, 0.2) is 59.4 Å². The van der Waals surface area contributed by atoms with Gasteiger partial charge in [-0.05, 0) is 62.1 Å². The third-order valence-electron chi connectivity index (χ3n) is 7.78. The van der Waals surface area contributed by atoms with Crippen LogP contribution in [0.3, 0.4) is 0 Å². The number of nitrogens with zero attached hydrogens (tertiary/aromatic N) is 1. The van der Waals surface area contributed by atoms with E-state index in [1.165, 1.54) is 99.8 Å². The van der Waals surface area contributed by atoms with Crippen molar-refractivity contribution in [3.63, 3.8) is 0 Å². The molecule has 1 amide bonds. The van der Waals surface area contributed by atoms with Gasteiger partial charge in [-0.2, -0.15) is 0 Å². The van der Waals surface area contributed by atoms with Crippen LogP contribution in [0.1, 0.15) is 116 Å². The molecule has 0 aliphatic carbocycles. The van der Waals surface area contributed by atoms with Crippen molar-refractivity contribution in [3.8, 4) is 17.3 Å². The highest BCUT2D eigenvalue weighted by Gasteiger charge is 2.19. The lowest BCUT2D eigenvalue weighted by molar-refractivity contribution is -0.122. The highest BCUT2D eigenvalue weighted by Crippen LogP contribution is 2.20. The molecule has 2 N–H and O–H groups in total. The molecule has 2 aromatic carbocycles. The number of aromatic nitrogens is 2. The first-order valence-corrected chi connectivity index (χ1v) is 16.7. The van der Waals surface area contributed by atoms with Crippen LogP contribution in [-0.4, -0.2) is 28.4 Å². The molecule has 3 rings (SSSR count).